The number of methoxy groups -OCH3 is 1. The van der Waals surface area contributed by atoms with Gasteiger partial charge in [-0.25, -0.2) is 0 Å². The van der Waals surface area contributed by atoms with Gasteiger partial charge in [-0.3, -0.25) is 4.57 Å². The Morgan fingerprint density at radius 1 is 1.15 bits per heavy atom. The standard InChI is InChI=1S/C23H22ClN5O3S/c1-30-16-10-8-15(9-11-16)22-26-27-23(29(22)13-17-5-4-12-31-17)33-14-20-25-21(28-32-20)18-6-2-3-7-19(18)24/h2-3,6-11,17H,4-5,12-14H2,1H3. The highest BCUT2D eigenvalue weighted by molar-refractivity contribution is 7.98. The van der Waals surface area contributed by atoms with E-state index < -0.39 is 0 Å². The lowest BCUT2D eigenvalue weighted by molar-refractivity contribution is 0.0953. The van der Waals surface area contributed by atoms with Crippen molar-refractivity contribution in [3.05, 3.63) is 59.4 Å². The van der Waals surface area contributed by atoms with Crippen LogP contribution in [-0.2, 0) is 17.0 Å². The van der Waals surface area contributed by atoms with Crippen LogP contribution in [0.2, 0.25) is 5.02 Å². The molecule has 170 valence electrons. The maximum absolute atomic E-state index is 6.25. The van der Waals surface area contributed by atoms with Gasteiger partial charge in [-0.05, 0) is 49.2 Å². The molecule has 0 amide bonds. The van der Waals surface area contributed by atoms with Crippen LogP contribution in [0.5, 0.6) is 5.75 Å². The van der Waals surface area contributed by atoms with Crippen LogP contribution in [-0.4, -0.2) is 44.7 Å². The van der Waals surface area contributed by atoms with Crippen molar-refractivity contribution < 1.29 is 14.0 Å². The first-order valence-corrected chi connectivity index (χ1v) is 12.0. The Morgan fingerprint density at radius 3 is 2.76 bits per heavy atom. The molecule has 5 rings (SSSR count). The first-order valence-electron chi connectivity index (χ1n) is 10.6. The van der Waals surface area contributed by atoms with Crippen molar-refractivity contribution in [2.45, 2.75) is 36.4 Å². The lowest BCUT2D eigenvalue weighted by atomic mass is 10.2. The predicted molar refractivity (Wildman–Crippen MR) is 125 cm³/mol. The number of hydrogen-bond donors (Lipinski definition) is 0. The van der Waals surface area contributed by atoms with Gasteiger partial charge in [0.15, 0.2) is 11.0 Å². The van der Waals surface area contributed by atoms with Gasteiger partial charge in [0, 0.05) is 17.7 Å². The van der Waals surface area contributed by atoms with Crippen molar-refractivity contribution >= 4 is 23.4 Å². The first-order chi connectivity index (χ1) is 16.2. The van der Waals surface area contributed by atoms with E-state index in [0.29, 0.717) is 29.0 Å². The molecule has 0 saturated carbocycles. The number of benzene rings is 2. The molecule has 2 aromatic heterocycles. The van der Waals surface area contributed by atoms with E-state index in [4.69, 9.17) is 25.6 Å². The summed E-state index contributed by atoms with van der Waals surface area (Å²) in [6.07, 6.45) is 2.24. The summed E-state index contributed by atoms with van der Waals surface area (Å²) in [5.74, 6) is 3.01. The molecule has 1 aliphatic rings. The van der Waals surface area contributed by atoms with Gasteiger partial charge >= 0.3 is 0 Å². The summed E-state index contributed by atoms with van der Waals surface area (Å²) in [5, 5.41) is 14.4. The average Bonchev–Trinajstić information content (AvgIpc) is 3.60. The van der Waals surface area contributed by atoms with Gasteiger partial charge in [-0.2, -0.15) is 4.98 Å². The number of halogens is 1. The molecular formula is C23H22ClN5O3S. The second kappa shape index (κ2) is 9.94. The Labute approximate surface area is 200 Å². The Balaban J connectivity index is 1.37. The van der Waals surface area contributed by atoms with Crippen LogP contribution in [0.3, 0.4) is 0 Å². The van der Waals surface area contributed by atoms with E-state index in [0.717, 1.165) is 47.3 Å². The third kappa shape index (κ3) is 4.90. The second-order valence-corrected chi connectivity index (χ2v) is 8.91. The van der Waals surface area contributed by atoms with Gasteiger partial charge in [0.05, 0.1) is 30.5 Å². The molecular weight excluding hydrogens is 462 g/mol. The van der Waals surface area contributed by atoms with Crippen LogP contribution in [0.15, 0.2) is 58.2 Å². The van der Waals surface area contributed by atoms with Gasteiger partial charge in [0.2, 0.25) is 11.7 Å². The molecule has 3 heterocycles. The average molecular weight is 484 g/mol. The molecule has 1 saturated heterocycles. The zero-order valence-electron chi connectivity index (χ0n) is 18.0. The zero-order valence-corrected chi connectivity index (χ0v) is 19.6. The third-order valence-corrected chi connectivity index (χ3v) is 6.66. The Hall–Kier alpha value is -2.88. The fraction of sp³-hybridized carbons (Fsp3) is 0.304. The molecule has 2 aromatic carbocycles. The van der Waals surface area contributed by atoms with Crippen LogP contribution >= 0.6 is 23.4 Å². The Bertz CT molecular complexity index is 1220. The van der Waals surface area contributed by atoms with Crippen molar-refractivity contribution in [2.75, 3.05) is 13.7 Å². The lowest BCUT2D eigenvalue weighted by Crippen LogP contribution is -2.16. The van der Waals surface area contributed by atoms with Crippen molar-refractivity contribution in [1.82, 2.24) is 24.9 Å². The smallest absolute Gasteiger partial charge is 0.237 e. The van der Waals surface area contributed by atoms with Crippen molar-refractivity contribution in [1.29, 1.82) is 0 Å². The van der Waals surface area contributed by atoms with E-state index in [-0.39, 0.29) is 6.10 Å². The largest absolute Gasteiger partial charge is 0.497 e. The number of hydrogen-bond acceptors (Lipinski definition) is 8. The molecule has 0 spiro atoms. The van der Waals surface area contributed by atoms with E-state index in [1.54, 1.807) is 13.2 Å². The van der Waals surface area contributed by atoms with Crippen LogP contribution in [0.1, 0.15) is 18.7 Å². The molecule has 1 fully saturated rings. The number of aromatic nitrogens is 5. The minimum atomic E-state index is 0.146. The van der Waals surface area contributed by atoms with Gasteiger partial charge in [0.1, 0.15) is 5.75 Å². The van der Waals surface area contributed by atoms with Crippen LogP contribution < -0.4 is 4.74 Å². The van der Waals surface area contributed by atoms with E-state index in [9.17, 15) is 0 Å². The van der Waals surface area contributed by atoms with Gasteiger partial charge in [-0.15, -0.1) is 10.2 Å². The van der Waals surface area contributed by atoms with E-state index >= 15 is 0 Å². The molecule has 1 atom stereocenters. The van der Waals surface area contributed by atoms with E-state index in [1.165, 1.54) is 11.8 Å². The SMILES string of the molecule is COc1ccc(-c2nnc(SCc3nc(-c4ccccc4Cl)no3)n2CC2CCCO2)cc1. The summed E-state index contributed by atoms with van der Waals surface area (Å²) in [6, 6.07) is 15.2. The molecule has 33 heavy (non-hydrogen) atoms. The minimum absolute atomic E-state index is 0.146. The molecule has 4 aromatic rings. The Kier molecular flexibility index (Phi) is 6.61. The Morgan fingerprint density at radius 2 is 2.00 bits per heavy atom. The number of thioether (sulfide) groups is 1. The third-order valence-electron chi connectivity index (χ3n) is 5.38. The van der Waals surface area contributed by atoms with Crippen molar-refractivity contribution in [3.8, 4) is 28.5 Å². The van der Waals surface area contributed by atoms with Gasteiger partial charge in [0.25, 0.3) is 0 Å². The van der Waals surface area contributed by atoms with Crippen LogP contribution in [0, 0.1) is 0 Å². The maximum atomic E-state index is 6.25. The zero-order chi connectivity index (χ0) is 22.6. The van der Waals surface area contributed by atoms with Crippen LogP contribution in [0.25, 0.3) is 22.8 Å². The molecule has 1 unspecified atom stereocenters. The highest BCUT2D eigenvalue weighted by Crippen LogP contribution is 2.30. The number of rotatable bonds is 8. The molecule has 1 aliphatic heterocycles. The van der Waals surface area contributed by atoms with Crippen LogP contribution in [0.4, 0.5) is 0 Å². The normalized spacial score (nSPS) is 15.8. The summed E-state index contributed by atoms with van der Waals surface area (Å²) in [4.78, 5) is 4.49. The highest BCUT2D eigenvalue weighted by Gasteiger charge is 2.22. The highest BCUT2D eigenvalue weighted by atomic mass is 35.5. The summed E-state index contributed by atoms with van der Waals surface area (Å²) in [7, 11) is 1.65. The van der Waals surface area contributed by atoms with E-state index in [1.807, 2.05) is 42.5 Å². The maximum Gasteiger partial charge on any atom is 0.237 e. The molecule has 0 aliphatic carbocycles. The number of nitrogens with zero attached hydrogens (tertiary/aromatic N) is 5. The van der Waals surface area contributed by atoms with E-state index in [2.05, 4.69) is 24.9 Å². The molecule has 0 bridgehead atoms. The molecule has 8 nitrogen and oxygen atoms in total. The topological polar surface area (TPSA) is 88.1 Å². The fourth-order valence-corrected chi connectivity index (χ4v) is 4.70. The van der Waals surface area contributed by atoms with Crippen molar-refractivity contribution in [3.63, 3.8) is 0 Å². The summed E-state index contributed by atoms with van der Waals surface area (Å²) < 4.78 is 18.7. The summed E-state index contributed by atoms with van der Waals surface area (Å²) >= 11 is 7.75. The van der Waals surface area contributed by atoms with Crippen molar-refractivity contribution in [2.24, 2.45) is 0 Å². The first kappa shape index (κ1) is 21.9. The molecule has 10 heteroatoms. The summed E-state index contributed by atoms with van der Waals surface area (Å²) in [6.45, 7) is 1.48. The van der Waals surface area contributed by atoms with Gasteiger partial charge < -0.3 is 14.0 Å². The second-order valence-electron chi connectivity index (χ2n) is 7.56. The lowest BCUT2D eigenvalue weighted by Gasteiger charge is -2.14. The molecule has 0 radical (unpaired) electrons. The molecule has 0 N–H and O–H groups in total. The summed E-state index contributed by atoms with van der Waals surface area (Å²) in [5.41, 5.74) is 1.70. The monoisotopic (exact) mass is 483 g/mol. The number of ether oxygens (including phenoxy) is 2. The quantitative estimate of drug-likeness (QED) is 0.319. The minimum Gasteiger partial charge on any atom is -0.497 e. The predicted octanol–water partition coefficient (Wildman–Crippen LogP) is 5.13. The fourth-order valence-electron chi connectivity index (χ4n) is 3.70. The van der Waals surface area contributed by atoms with Gasteiger partial charge in [-0.1, -0.05) is 40.7 Å².